The van der Waals surface area contributed by atoms with Gasteiger partial charge in [-0.05, 0) is 31.2 Å². The zero-order valence-corrected chi connectivity index (χ0v) is 13.8. The molecule has 2 aromatic rings. The predicted octanol–water partition coefficient (Wildman–Crippen LogP) is 3.42. The molecule has 1 aromatic carbocycles. The fourth-order valence-electron chi connectivity index (χ4n) is 2.18. The van der Waals surface area contributed by atoms with E-state index in [4.69, 9.17) is 9.47 Å². The van der Waals surface area contributed by atoms with E-state index in [1.54, 1.807) is 25.6 Å². The SMILES string of the molecule is CCNC(C)c1cnc(Cc2ccc(OC)c(OC)c2)s1. The molecule has 0 amide bonds. The fourth-order valence-corrected chi connectivity index (χ4v) is 3.16. The van der Waals surface area contributed by atoms with Crippen LogP contribution in [-0.4, -0.2) is 25.7 Å². The highest BCUT2D eigenvalue weighted by Gasteiger charge is 2.10. The van der Waals surface area contributed by atoms with Gasteiger partial charge < -0.3 is 14.8 Å². The zero-order valence-electron chi connectivity index (χ0n) is 13.0. The van der Waals surface area contributed by atoms with Crippen LogP contribution in [0.25, 0.3) is 0 Å². The lowest BCUT2D eigenvalue weighted by Gasteiger charge is -2.09. The number of nitrogens with zero attached hydrogens (tertiary/aromatic N) is 1. The quantitative estimate of drug-likeness (QED) is 0.851. The second-order valence-electron chi connectivity index (χ2n) is 4.80. The lowest BCUT2D eigenvalue weighted by atomic mass is 10.1. The number of thiazole rings is 1. The molecule has 1 unspecified atom stereocenters. The molecule has 0 aliphatic heterocycles. The van der Waals surface area contributed by atoms with Crippen molar-refractivity contribution < 1.29 is 9.47 Å². The Balaban J connectivity index is 2.11. The number of hydrogen-bond acceptors (Lipinski definition) is 5. The van der Waals surface area contributed by atoms with Crippen LogP contribution in [0.5, 0.6) is 11.5 Å². The summed E-state index contributed by atoms with van der Waals surface area (Å²) in [6, 6.07) is 6.35. The molecule has 114 valence electrons. The van der Waals surface area contributed by atoms with Gasteiger partial charge in [0.25, 0.3) is 0 Å². The standard InChI is InChI=1S/C16H22N2O2S/c1-5-17-11(2)15-10-18-16(21-15)9-12-6-7-13(19-3)14(8-12)20-4/h6-8,10-11,17H,5,9H2,1-4H3. The normalized spacial score (nSPS) is 12.2. The monoisotopic (exact) mass is 306 g/mol. The third-order valence-electron chi connectivity index (χ3n) is 3.31. The average molecular weight is 306 g/mol. The van der Waals surface area contributed by atoms with Gasteiger partial charge in [0.2, 0.25) is 0 Å². The van der Waals surface area contributed by atoms with Crippen LogP contribution in [0.1, 0.15) is 35.3 Å². The summed E-state index contributed by atoms with van der Waals surface area (Å²) in [5.74, 6) is 1.51. The van der Waals surface area contributed by atoms with Crippen molar-refractivity contribution in [2.75, 3.05) is 20.8 Å². The van der Waals surface area contributed by atoms with E-state index < -0.39 is 0 Å². The molecule has 4 nitrogen and oxygen atoms in total. The highest BCUT2D eigenvalue weighted by atomic mass is 32.1. The van der Waals surface area contributed by atoms with Crippen molar-refractivity contribution in [1.82, 2.24) is 10.3 Å². The number of hydrogen-bond donors (Lipinski definition) is 1. The van der Waals surface area contributed by atoms with Crippen LogP contribution in [0.3, 0.4) is 0 Å². The third-order valence-corrected chi connectivity index (χ3v) is 4.49. The first kappa shape index (κ1) is 15.8. The van der Waals surface area contributed by atoms with Gasteiger partial charge in [0.15, 0.2) is 11.5 Å². The number of benzene rings is 1. The molecule has 5 heteroatoms. The van der Waals surface area contributed by atoms with Crippen molar-refractivity contribution in [2.24, 2.45) is 0 Å². The van der Waals surface area contributed by atoms with Gasteiger partial charge in [0, 0.05) is 23.5 Å². The Morgan fingerprint density at radius 3 is 2.67 bits per heavy atom. The molecule has 0 spiro atoms. The summed E-state index contributed by atoms with van der Waals surface area (Å²) in [4.78, 5) is 5.79. The van der Waals surface area contributed by atoms with Crippen molar-refractivity contribution in [1.29, 1.82) is 0 Å². The van der Waals surface area contributed by atoms with Gasteiger partial charge in [0.1, 0.15) is 0 Å². The number of methoxy groups -OCH3 is 2. The minimum absolute atomic E-state index is 0.353. The van der Waals surface area contributed by atoms with Crippen molar-refractivity contribution in [3.63, 3.8) is 0 Å². The number of nitrogens with one attached hydrogen (secondary N) is 1. The van der Waals surface area contributed by atoms with Crippen LogP contribution >= 0.6 is 11.3 Å². The number of ether oxygens (including phenoxy) is 2. The van der Waals surface area contributed by atoms with Crippen molar-refractivity contribution in [3.8, 4) is 11.5 Å². The van der Waals surface area contributed by atoms with E-state index in [1.165, 1.54) is 10.4 Å². The molecule has 0 aliphatic carbocycles. The summed E-state index contributed by atoms with van der Waals surface area (Å²) in [7, 11) is 3.30. The summed E-state index contributed by atoms with van der Waals surface area (Å²) in [5.41, 5.74) is 1.17. The highest BCUT2D eigenvalue weighted by Crippen LogP contribution is 2.29. The van der Waals surface area contributed by atoms with Crippen molar-refractivity contribution >= 4 is 11.3 Å². The Hall–Kier alpha value is -1.59. The summed E-state index contributed by atoms with van der Waals surface area (Å²) in [6.07, 6.45) is 2.78. The molecule has 0 radical (unpaired) electrons. The zero-order chi connectivity index (χ0) is 15.2. The predicted molar refractivity (Wildman–Crippen MR) is 86.6 cm³/mol. The molecule has 1 N–H and O–H groups in total. The van der Waals surface area contributed by atoms with E-state index in [-0.39, 0.29) is 0 Å². The molecular weight excluding hydrogens is 284 g/mol. The van der Waals surface area contributed by atoms with Gasteiger partial charge in [-0.3, -0.25) is 0 Å². The summed E-state index contributed by atoms with van der Waals surface area (Å²) in [6.45, 7) is 5.24. The Kier molecular flexibility index (Phi) is 5.59. The van der Waals surface area contributed by atoms with E-state index in [2.05, 4.69) is 30.2 Å². The van der Waals surface area contributed by atoms with Crippen LogP contribution in [-0.2, 0) is 6.42 Å². The first-order valence-corrected chi connectivity index (χ1v) is 7.88. The van der Waals surface area contributed by atoms with Gasteiger partial charge in [-0.25, -0.2) is 4.98 Å². The van der Waals surface area contributed by atoms with Gasteiger partial charge in [-0.15, -0.1) is 11.3 Å². The van der Waals surface area contributed by atoms with Crippen LogP contribution in [0, 0.1) is 0 Å². The van der Waals surface area contributed by atoms with Gasteiger partial charge in [-0.1, -0.05) is 13.0 Å². The van der Waals surface area contributed by atoms with Crippen molar-refractivity contribution in [3.05, 3.63) is 39.8 Å². The molecular formula is C16H22N2O2S. The highest BCUT2D eigenvalue weighted by molar-refractivity contribution is 7.11. The van der Waals surface area contributed by atoms with Gasteiger partial charge in [-0.2, -0.15) is 0 Å². The Morgan fingerprint density at radius 2 is 2.00 bits per heavy atom. The van der Waals surface area contributed by atoms with Crippen molar-refractivity contribution in [2.45, 2.75) is 26.3 Å². The summed E-state index contributed by atoms with van der Waals surface area (Å²) in [5, 5.41) is 4.52. The molecule has 1 heterocycles. The van der Waals surface area contributed by atoms with E-state index in [0.717, 1.165) is 29.5 Å². The lowest BCUT2D eigenvalue weighted by Crippen LogP contribution is -2.16. The summed E-state index contributed by atoms with van der Waals surface area (Å²) < 4.78 is 10.6. The Labute approximate surface area is 130 Å². The molecule has 0 aliphatic rings. The van der Waals surface area contributed by atoms with Crippen LogP contribution in [0.15, 0.2) is 24.4 Å². The average Bonchev–Trinajstić information content (AvgIpc) is 2.96. The number of aromatic nitrogens is 1. The smallest absolute Gasteiger partial charge is 0.160 e. The maximum Gasteiger partial charge on any atom is 0.160 e. The van der Waals surface area contributed by atoms with E-state index in [1.807, 2.05) is 18.3 Å². The largest absolute Gasteiger partial charge is 0.493 e. The minimum atomic E-state index is 0.353. The lowest BCUT2D eigenvalue weighted by molar-refractivity contribution is 0.354. The molecule has 1 atom stereocenters. The molecule has 0 fully saturated rings. The molecule has 21 heavy (non-hydrogen) atoms. The van der Waals surface area contributed by atoms with Crippen LogP contribution < -0.4 is 14.8 Å². The fraction of sp³-hybridized carbons (Fsp3) is 0.438. The van der Waals surface area contributed by atoms with E-state index in [0.29, 0.717) is 6.04 Å². The third kappa shape index (κ3) is 3.95. The van der Waals surface area contributed by atoms with Gasteiger partial charge >= 0.3 is 0 Å². The van der Waals surface area contributed by atoms with Crippen LogP contribution in [0.4, 0.5) is 0 Å². The maximum atomic E-state index is 5.34. The molecule has 1 aromatic heterocycles. The summed E-state index contributed by atoms with van der Waals surface area (Å²) >= 11 is 1.75. The molecule has 0 saturated heterocycles. The van der Waals surface area contributed by atoms with E-state index in [9.17, 15) is 0 Å². The first-order chi connectivity index (χ1) is 10.2. The maximum absolute atomic E-state index is 5.34. The van der Waals surface area contributed by atoms with Crippen LogP contribution in [0.2, 0.25) is 0 Å². The second kappa shape index (κ2) is 7.43. The Morgan fingerprint density at radius 1 is 1.24 bits per heavy atom. The topological polar surface area (TPSA) is 43.4 Å². The Bertz CT molecular complexity index is 583. The number of rotatable bonds is 7. The first-order valence-electron chi connectivity index (χ1n) is 7.06. The van der Waals surface area contributed by atoms with Gasteiger partial charge in [0.05, 0.1) is 19.2 Å². The van der Waals surface area contributed by atoms with E-state index >= 15 is 0 Å². The molecule has 2 rings (SSSR count). The minimum Gasteiger partial charge on any atom is -0.493 e. The molecule has 0 saturated carbocycles. The second-order valence-corrected chi connectivity index (χ2v) is 5.95. The molecule has 0 bridgehead atoms.